The van der Waals surface area contributed by atoms with E-state index in [1.165, 1.54) is 12.1 Å². The van der Waals surface area contributed by atoms with Gasteiger partial charge in [0.2, 0.25) is 10.0 Å². The van der Waals surface area contributed by atoms with Crippen molar-refractivity contribution >= 4 is 55.1 Å². The topological polar surface area (TPSA) is 98.5 Å². The molecule has 0 atom stereocenters. The highest BCUT2D eigenvalue weighted by molar-refractivity contribution is 9.10. The van der Waals surface area contributed by atoms with Gasteiger partial charge in [0, 0.05) is 10.5 Å². The fraction of sp³-hybridized carbons (Fsp3) is 0.231. The molecule has 0 radical (unpaired) electrons. The third-order valence-electron chi connectivity index (χ3n) is 2.69. The van der Waals surface area contributed by atoms with Gasteiger partial charge in [-0.3, -0.25) is 4.79 Å². The first kappa shape index (κ1) is 19.2. The third kappa shape index (κ3) is 4.93. The van der Waals surface area contributed by atoms with Crippen molar-refractivity contribution < 1.29 is 22.5 Å². The van der Waals surface area contributed by atoms with Gasteiger partial charge in [0.1, 0.15) is 11.4 Å². The van der Waals surface area contributed by atoms with Crippen LogP contribution in [0, 0.1) is 6.92 Å². The highest BCUT2D eigenvalue weighted by atomic mass is 79.9. The molecule has 0 amide bonds. The first-order chi connectivity index (χ1) is 11.2. The Hall–Kier alpha value is -1.13. The van der Waals surface area contributed by atoms with Gasteiger partial charge < -0.3 is 9.26 Å². The lowest BCUT2D eigenvalue weighted by molar-refractivity contribution is -0.144. The summed E-state index contributed by atoms with van der Waals surface area (Å²) in [5.41, 5.74) is 0.640. The van der Waals surface area contributed by atoms with Crippen molar-refractivity contribution in [3.05, 3.63) is 44.2 Å². The van der Waals surface area contributed by atoms with E-state index < -0.39 is 22.5 Å². The van der Waals surface area contributed by atoms with E-state index in [0.717, 1.165) is 0 Å². The zero-order valence-corrected chi connectivity index (χ0v) is 16.1. The number of aromatic nitrogens is 1. The number of rotatable bonds is 6. The van der Waals surface area contributed by atoms with Crippen molar-refractivity contribution in [2.24, 2.45) is 0 Å². The van der Waals surface area contributed by atoms with E-state index >= 15 is 0 Å². The van der Waals surface area contributed by atoms with Crippen LogP contribution in [0.3, 0.4) is 0 Å². The standard InChI is InChI=1S/C13H11BrCl2N2O5S/c1-7-2-9(23-18-7)6-22-12(19)5-17-24(20,21)13-10(15)3-8(14)4-11(13)16/h2-4,17H,5-6H2,1H3. The highest BCUT2D eigenvalue weighted by Crippen LogP contribution is 2.32. The first-order valence-corrected chi connectivity index (χ1v) is 9.44. The number of sulfonamides is 1. The molecular weight excluding hydrogens is 447 g/mol. The van der Waals surface area contributed by atoms with E-state index in [2.05, 4.69) is 25.8 Å². The maximum atomic E-state index is 12.2. The molecule has 2 aromatic rings. The number of carbonyl (C=O) groups is 1. The lowest BCUT2D eigenvalue weighted by Gasteiger charge is -2.10. The predicted molar refractivity (Wildman–Crippen MR) is 90.4 cm³/mol. The lowest BCUT2D eigenvalue weighted by atomic mass is 10.4. The number of nitrogens with one attached hydrogen (secondary N) is 1. The Labute approximate surface area is 156 Å². The number of ether oxygens (including phenoxy) is 1. The van der Waals surface area contributed by atoms with Crippen LogP contribution in [0.2, 0.25) is 10.0 Å². The summed E-state index contributed by atoms with van der Waals surface area (Å²) >= 11 is 15.0. The summed E-state index contributed by atoms with van der Waals surface area (Å²) in [5.74, 6) is -0.445. The van der Waals surface area contributed by atoms with Crippen LogP contribution in [0.4, 0.5) is 0 Å². The van der Waals surface area contributed by atoms with E-state index in [-0.39, 0.29) is 21.5 Å². The first-order valence-electron chi connectivity index (χ1n) is 6.41. The average Bonchev–Trinajstić information content (AvgIpc) is 2.87. The molecule has 0 saturated carbocycles. The molecule has 130 valence electrons. The van der Waals surface area contributed by atoms with Gasteiger partial charge in [-0.05, 0) is 19.1 Å². The second-order valence-electron chi connectivity index (χ2n) is 4.62. The smallest absolute Gasteiger partial charge is 0.321 e. The SMILES string of the molecule is Cc1cc(COC(=O)CNS(=O)(=O)c2c(Cl)cc(Br)cc2Cl)on1. The molecule has 2 rings (SSSR count). The number of aryl methyl sites for hydroxylation is 1. The Bertz CT molecular complexity index is 846. The maximum Gasteiger partial charge on any atom is 0.321 e. The normalized spacial score (nSPS) is 11.5. The maximum absolute atomic E-state index is 12.2. The minimum Gasteiger partial charge on any atom is -0.456 e. The Kier molecular flexibility index (Phi) is 6.27. The quantitative estimate of drug-likeness (QED) is 0.669. The summed E-state index contributed by atoms with van der Waals surface area (Å²) in [5, 5.41) is 3.48. The zero-order chi connectivity index (χ0) is 17.9. The highest BCUT2D eigenvalue weighted by Gasteiger charge is 2.23. The number of benzene rings is 1. The summed E-state index contributed by atoms with van der Waals surface area (Å²) in [7, 11) is -4.08. The van der Waals surface area contributed by atoms with E-state index in [4.69, 9.17) is 32.5 Å². The molecule has 0 spiro atoms. The summed E-state index contributed by atoms with van der Waals surface area (Å²) < 4.78 is 36.8. The number of nitrogens with zero attached hydrogens (tertiary/aromatic N) is 1. The van der Waals surface area contributed by atoms with Gasteiger partial charge in [-0.25, -0.2) is 8.42 Å². The molecule has 0 fully saturated rings. The lowest BCUT2D eigenvalue weighted by Crippen LogP contribution is -2.31. The van der Waals surface area contributed by atoms with Crippen LogP contribution in [0.15, 0.2) is 32.1 Å². The van der Waals surface area contributed by atoms with Crippen molar-refractivity contribution in [1.29, 1.82) is 0 Å². The molecule has 1 aromatic carbocycles. The molecule has 1 heterocycles. The largest absolute Gasteiger partial charge is 0.456 e. The monoisotopic (exact) mass is 456 g/mol. The second kappa shape index (κ2) is 7.83. The number of hydrogen-bond donors (Lipinski definition) is 1. The summed E-state index contributed by atoms with van der Waals surface area (Å²) in [4.78, 5) is 11.3. The van der Waals surface area contributed by atoms with Crippen LogP contribution in [0.5, 0.6) is 0 Å². The summed E-state index contributed by atoms with van der Waals surface area (Å²) in [6, 6.07) is 4.36. The van der Waals surface area contributed by atoms with Gasteiger partial charge in [0.05, 0.1) is 15.7 Å². The van der Waals surface area contributed by atoms with E-state index in [0.29, 0.717) is 15.9 Å². The van der Waals surface area contributed by atoms with Crippen LogP contribution < -0.4 is 4.72 Å². The van der Waals surface area contributed by atoms with Crippen LogP contribution >= 0.6 is 39.1 Å². The van der Waals surface area contributed by atoms with Gasteiger partial charge in [-0.2, -0.15) is 4.72 Å². The number of hydrogen-bond acceptors (Lipinski definition) is 6. The van der Waals surface area contributed by atoms with Gasteiger partial charge in [0.15, 0.2) is 12.4 Å². The molecule has 0 unspecified atom stereocenters. The molecule has 0 aliphatic heterocycles. The fourth-order valence-corrected chi connectivity index (χ4v) is 4.60. The third-order valence-corrected chi connectivity index (χ3v) is 5.47. The Morgan fingerprint density at radius 3 is 2.50 bits per heavy atom. The van der Waals surface area contributed by atoms with Gasteiger partial charge >= 0.3 is 5.97 Å². The Balaban J connectivity index is 1.98. The van der Waals surface area contributed by atoms with Crippen molar-refractivity contribution in [1.82, 2.24) is 9.88 Å². The van der Waals surface area contributed by atoms with Gasteiger partial charge in [0.25, 0.3) is 0 Å². The molecule has 1 N–H and O–H groups in total. The molecule has 0 bridgehead atoms. The Morgan fingerprint density at radius 2 is 1.96 bits per heavy atom. The number of esters is 1. The van der Waals surface area contributed by atoms with E-state index in [1.54, 1.807) is 13.0 Å². The summed E-state index contributed by atoms with van der Waals surface area (Å²) in [6.07, 6.45) is 0. The van der Waals surface area contributed by atoms with Gasteiger partial charge in [-0.1, -0.05) is 44.3 Å². The van der Waals surface area contributed by atoms with Crippen molar-refractivity contribution in [2.45, 2.75) is 18.4 Å². The molecule has 1 aromatic heterocycles. The van der Waals surface area contributed by atoms with Gasteiger partial charge in [-0.15, -0.1) is 0 Å². The predicted octanol–water partition coefficient (Wildman–Crippen LogP) is 3.07. The molecular formula is C13H11BrCl2N2O5S. The minimum atomic E-state index is -4.08. The van der Waals surface area contributed by atoms with Crippen molar-refractivity contribution in [3.63, 3.8) is 0 Å². The van der Waals surface area contributed by atoms with E-state index in [1.807, 2.05) is 0 Å². The summed E-state index contributed by atoms with van der Waals surface area (Å²) in [6.45, 7) is 0.980. The number of halogens is 3. The molecule has 0 aliphatic carbocycles. The second-order valence-corrected chi connectivity index (χ2v) is 8.05. The fourth-order valence-electron chi connectivity index (χ4n) is 1.70. The Morgan fingerprint density at radius 1 is 1.33 bits per heavy atom. The van der Waals surface area contributed by atoms with E-state index in [9.17, 15) is 13.2 Å². The van der Waals surface area contributed by atoms with Crippen LogP contribution in [-0.4, -0.2) is 26.1 Å². The minimum absolute atomic E-state index is 0.0765. The number of carbonyl (C=O) groups excluding carboxylic acids is 1. The average molecular weight is 458 g/mol. The van der Waals surface area contributed by atoms with Crippen LogP contribution in [-0.2, 0) is 26.2 Å². The van der Waals surface area contributed by atoms with Crippen LogP contribution in [0.25, 0.3) is 0 Å². The molecule has 7 nitrogen and oxygen atoms in total. The molecule has 11 heteroatoms. The molecule has 24 heavy (non-hydrogen) atoms. The molecule has 0 saturated heterocycles. The van der Waals surface area contributed by atoms with Crippen molar-refractivity contribution in [3.8, 4) is 0 Å². The van der Waals surface area contributed by atoms with Crippen molar-refractivity contribution in [2.75, 3.05) is 6.54 Å². The molecule has 0 aliphatic rings. The zero-order valence-electron chi connectivity index (χ0n) is 12.2. The van der Waals surface area contributed by atoms with Crippen LogP contribution in [0.1, 0.15) is 11.5 Å².